The van der Waals surface area contributed by atoms with Crippen LogP contribution in [0.25, 0.3) is 10.9 Å². The highest BCUT2D eigenvalue weighted by Crippen LogP contribution is 2.20. The number of amides is 18. The van der Waals surface area contributed by atoms with Crippen LogP contribution in [0.4, 0.5) is 0 Å². The first kappa shape index (κ1) is 93.3. The lowest BCUT2D eigenvalue weighted by molar-refractivity contribution is -0.136. The fourth-order valence-electron chi connectivity index (χ4n) is 10.7. The summed E-state index contributed by atoms with van der Waals surface area (Å²) in [5.41, 5.74) is 17.6. The summed E-state index contributed by atoms with van der Waals surface area (Å²) in [5, 5.41) is 47.9. The summed E-state index contributed by atoms with van der Waals surface area (Å²) >= 11 is 0. The molecule has 0 aliphatic carbocycles. The first-order valence-electron chi connectivity index (χ1n) is 35.9. The molecule has 2 aromatic rings. The predicted octanol–water partition coefficient (Wildman–Crippen LogP) is -4.91. The standard InChI is InChI=1S/C70H113N19O19/c1-32(2)26-45(31-90)84-66(104)49(21-24-55(72)93)86-63(101)42(14)82-69(107)52(28-34(5)6)89-67(105)50(22-25-56(73)94)87-61(99)39(11)77-57(95)35(7)75-59(97)37(9)79-65(103)48(20-23-54(71)92)85-62(100)41(13)81-68(106)51(27-33(3)4)88-64(102)40(12)78-58(96)36(8)76-60(98)38(10)80-70(108)53(83-43(15)91)29-44-30-74-47-19-17-16-18-46(44)47/h16-19,30,32-42,45,48-53,74,90H,20-29,31H2,1-15H3,(H2,71,92)(H2,72,93)(H2,73,94)(H,75,97)(H,76,98)(H,77,95)(H,78,96)(H,79,103)(H,80,108)(H,81,106)(H,82,107)(H,83,91)(H,84,104)(H,85,100)(H,86,101)(H,87,99)(H,88,102)(H,89,105)/t35-,36-,37-,38-,39-,40-,41-,42-,45-,48-,49-,50-,51-,52-,53-/m0/s1. The Morgan fingerprint density at radius 2 is 0.593 bits per heavy atom. The number of aliphatic hydroxyl groups is 1. The first-order chi connectivity index (χ1) is 50.3. The molecule has 38 nitrogen and oxygen atoms in total. The number of hydrogen-bond donors (Lipinski definition) is 20. The van der Waals surface area contributed by atoms with Crippen LogP contribution in [0.2, 0.25) is 0 Å². The number of aromatic nitrogens is 1. The number of carbonyl (C=O) groups is 18. The Kier molecular flexibility index (Phi) is 39.4. The van der Waals surface area contributed by atoms with Gasteiger partial charge in [-0.25, -0.2) is 0 Å². The second-order valence-electron chi connectivity index (χ2n) is 28.3. The Labute approximate surface area is 627 Å². The molecule has 15 atom stereocenters. The lowest BCUT2D eigenvalue weighted by Gasteiger charge is -2.27. The predicted molar refractivity (Wildman–Crippen MR) is 393 cm³/mol. The lowest BCUT2D eigenvalue weighted by atomic mass is 10.0. The first-order valence-corrected chi connectivity index (χ1v) is 35.9. The van der Waals surface area contributed by atoms with Gasteiger partial charge in [0.1, 0.15) is 84.6 Å². The molecule has 2 rings (SSSR count). The van der Waals surface area contributed by atoms with Crippen LogP contribution in [0.3, 0.4) is 0 Å². The van der Waals surface area contributed by atoms with E-state index in [4.69, 9.17) is 17.2 Å². The van der Waals surface area contributed by atoms with E-state index in [1.165, 1.54) is 62.3 Å². The molecule has 0 fully saturated rings. The van der Waals surface area contributed by atoms with Gasteiger partial charge < -0.3 is 107 Å². The number of para-hydroxylation sites is 1. The molecule has 108 heavy (non-hydrogen) atoms. The third-order valence-corrected chi connectivity index (χ3v) is 16.7. The fraction of sp³-hybridized carbons (Fsp3) is 0.629. The van der Waals surface area contributed by atoms with Crippen LogP contribution < -0.4 is 97.0 Å². The number of nitrogens with two attached hydrogens (primary N) is 3. The number of fused-ring (bicyclic) bond motifs is 1. The summed E-state index contributed by atoms with van der Waals surface area (Å²) in [6.07, 6.45) is 0.00422. The van der Waals surface area contributed by atoms with E-state index in [1.807, 2.05) is 38.1 Å². The van der Waals surface area contributed by atoms with Gasteiger partial charge in [0.25, 0.3) is 0 Å². The largest absolute Gasteiger partial charge is 0.394 e. The fourth-order valence-corrected chi connectivity index (χ4v) is 10.7. The zero-order valence-corrected chi connectivity index (χ0v) is 64.1. The molecule has 0 spiro atoms. The van der Waals surface area contributed by atoms with Gasteiger partial charge in [0, 0.05) is 49.7 Å². The molecule has 0 aliphatic rings. The van der Waals surface area contributed by atoms with E-state index in [9.17, 15) is 91.4 Å². The van der Waals surface area contributed by atoms with Crippen molar-refractivity contribution in [3.05, 3.63) is 36.0 Å². The molecular formula is C70H113N19O19. The minimum absolute atomic E-state index is 0.0168. The monoisotopic (exact) mass is 1520 g/mol. The van der Waals surface area contributed by atoms with Gasteiger partial charge in [-0.3, -0.25) is 86.3 Å². The summed E-state index contributed by atoms with van der Waals surface area (Å²) < 4.78 is 0. The number of H-pyrrole nitrogens is 1. The molecule has 1 heterocycles. The summed E-state index contributed by atoms with van der Waals surface area (Å²) in [6.45, 7) is 21.7. The number of carbonyl (C=O) groups excluding carboxylic acids is 18. The minimum atomic E-state index is -1.56. The van der Waals surface area contributed by atoms with Crippen molar-refractivity contribution in [2.24, 2.45) is 35.0 Å². The molecule has 1 aromatic carbocycles. The number of aliphatic hydroxyl groups excluding tert-OH is 1. The van der Waals surface area contributed by atoms with Gasteiger partial charge in [-0.15, -0.1) is 0 Å². The maximum absolute atomic E-state index is 13.9. The lowest BCUT2D eigenvalue weighted by Crippen LogP contribution is -2.60. The van der Waals surface area contributed by atoms with Gasteiger partial charge in [-0.05, 0) is 123 Å². The molecule has 0 bridgehead atoms. The Bertz CT molecular complexity index is 3530. The highest BCUT2D eigenvalue weighted by molar-refractivity contribution is 6.01. The molecule has 23 N–H and O–H groups in total. The maximum atomic E-state index is 13.9. The number of primary amides is 3. The highest BCUT2D eigenvalue weighted by atomic mass is 16.3. The van der Waals surface area contributed by atoms with Crippen molar-refractivity contribution in [3.63, 3.8) is 0 Å². The number of rotatable bonds is 47. The molecule has 602 valence electrons. The topological polar surface area (TPSA) is 602 Å². The molecule has 0 radical (unpaired) electrons. The number of aromatic amines is 1. The van der Waals surface area contributed by atoms with E-state index < -0.39 is 229 Å². The van der Waals surface area contributed by atoms with E-state index in [0.717, 1.165) is 16.5 Å². The number of nitrogens with one attached hydrogen (secondary N) is 16. The summed E-state index contributed by atoms with van der Waals surface area (Å²) in [4.78, 5) is 240. The van der Waals surface area contributed by atoms with Crippen LogP contribution >= 0.6 is 0 Å². The molecule has 0 saturated heterocycles. The zero-order chi connectivity index (χ0) is 82.1. The van der Waals surface area contributed by atoms with Crippen LogP contribution in [0, 0.1) is 17.8 Å². The Hall–Kier alpha value is -10.8. The number of benzene rings is 1. The second-order valence-corrected chi connectivity index (χ2v) is 28.3. The molecular weight excluding hydrogens is 1410 g/mol. The van der Waals surface area contributed by atoms with Crippen LogP contribution in [0.15, 0.2) is 30.5 Å². The van der Waals surface area contributed by atoms with Crippen molar-refractivity contribution >= 4 is 117 Å². The van der Waals surface area contributed by atoms with E-state index >= 15 is 0 Å². The van der Waals surface area contributed by atoms with Crippen molar-refractivity contribution in [1.82, 2.24) is 84.7 Å². The van der Waals surface area contributed by atoms with E-state index in [-0.39, 0.29) is 49.9 Å². The normalized spacial score (nSPS) is 15.4. The smallest absolute Gasteiger partial charge is 0.243 e. The van der Waals surface area contributed by atoms with Gasteiger partial charge in [0.2, 0.25) is 106 Å². The Balaban J connectivity index is 2.09. The number of hydrogen-bond acceptors (Lipinski definition) is 19. The summed E-state index contributed by atoms with van der Waals surface area (Å²) in [5.74, 6) is -15.7. The van der Waals surface area contributed by atoms with Crippen LogP contribution in [-0.2, 0) is 92.7 Å². The maximum Gasteiger partial charge on any atom is 0.243 e. The van der Waals surface area contributed by atoms with Crippen molar-refractivity contribution in [2.75, 3.05) is 6.61 Å². The van der Waals surface area contributed by atoms with Crippen LogP contribution in [0.5, 0.6) is 0 Å². The van der Waals surface area contributed by atoms with Gasteiger partial charge >= 0.3 is 0 Å². The molecule has 18 amide bonds. The van der Waals surface area contributed by atoms with Crippen LogP contribution in [0.1, 0.15) is 167 Å². The van der Waals surface area contributed by atoms with Crippen molar-refractivity contribution in [1.29, 1.82) is 0 Å². The quantitative estimate of drug-likeness (QED) is 0.0295. The average Bonchev–Trinajstić information content (AvgIpc) is 1.66. The van der Waals surface area contributed by atoms with Gasteiger partial charge in [0.15, 0.2) is 0 Å². The van der Waals surface area contributed by atoms with Gasteiger partial charge in [-0.2, -0.15) is 0 Å². The minimum Gasteiger partial charge on any atom is -0.394 e. The van der Waals surface area contributed by atoms with Crippen molar-refractivity contribution in [3.8, 4) is 0 Å². The van der Waals surface area contributed by atoms with Gasteiger partial charge in [-0.1, -0.05) is 59.7 Å². The molecule has 0 saturated carbocycles. The third kappa shape index (κ3) is 33.7. The van der Waals surface area contributed by atoms with Crippen LogP contribution in [-0.4, -0.2) is 214 Å². The average molecular weight is 1520 g/mol. The zero-order valence-electron chi connectivity index (χ0n) is 64.1. The van der Waals surface area contributed by atoms with Gasteiger partial charge in [0.05, 0.1) is 12.6 Å². The Morgan fingerprint density at radius 3 is 0.898 bits per heavy atom. The van der Waals surface area contributed by atoms with E-state index in [0.29, 0.717) is 6.42 Å². The van der Waals surface area contributed by atoms with E-state index in [1.54, 1.807) is 33.9 Å². The molecule has 38 heteroatoms. The summed E-state index contributed by atoms with van der Waals surface area (Å²) in [7, 11) is 0. The highest BCUT2D eigenvalue weighted by Gasteiger charge is 2.36. The Morgan fingerprint density at radius 1 is 0.333 bits per heavy atom. The van der Waals surface area contributed by atoms with E-state index in [2.05, 4.69) is 84.7 Å². The second kappa shape index (κ2) is 45.6. The molecule has 0 aliphatic heterocycles. The SMILES string of the molecule is CC(=O)N[C@@H](Cc1c[nH]c2ccccc12)C(=O)N[C@@H](C)C(=O)N[C@@H](C)C(=O)N[C@@H](C)C(=O)N[C@@H](CC(C)C)C(=O)N[C@@H](C)C(=O)N[C@@H](CCC(N)=O)C(=O)N[C@@H](C)C(=O)N[C@@H](C)C(=O)N[C@@H](C)C(=O)N[C@@H](CCC(N)=O)C(=O)N[C@@H](CC(C)C)C(=O)N[C@@H](C)C(=O)N[C@@H](CCC(N)=O)C(=O)N[C@H](CO)CC(C)C. The van der Waals surface area contributed by atoms with Crippen molar-refractivity contribution < 1.29 is 91.4 Å². The summed E-state index contributed by atoms with van der Waals surface area (Å²) in [6, 6.07) is -12.3. The molecule has 0 unspecified atom stereocenters. The molecule has 1 aromatic heterocycles. The third-order valence-electron chi connectivity index (χ3n) is 16.7. The van der Waals surface area contributed by atoms with Crippen molar-refractivity contribution in [2.45, 2.75) is 259 Å².